The summed E-state index contributed by atoms with van der Waals surface area (Å²) in [6.07, 6.45) is 1.64. The first kappa shape index (κ1) is 10.7. The van der Waals surface area contributed by atoms with Gasteiger partial charge in [-0.05, 0) is 36.5 Å². The predicted molar refractivity (Wildman–Crippen MR) is 68.2 cm³/mol. The minimum atomic E-state index is 0.586. The van der Waals surface area contributed by atoms with Crippen LogP contribution < -0.4 is 10.6 Å². The van der Waals surface area contributed by atoms with Crippen LogP contribution in [0.15, 0.2) is 53.1 Å². The Labute approximate surface area is 99.5 Å². The summed E-state index contributed by atoms with van der Waals surface area (Å²) in [5, 5.41) is 6.73. The molecule has 0 unspecified atom stereocenters. The van der Waals surface area contributed by atoms with Crippen LogP contribution in [-0.4, -0.2) is 5.11 Å². The van der Waals surface area contributed by atoms with E-state index in [9.17, 15) is 0 Å². The summed E-state index contributed by atoms with van der Waals surface area (Å²) >= 11 is 5.15. The molecule has 2 rings (SSSR count). The summed E-state index contributed by atoms with van der Waals surface area (Å²) in [7, 11) is 0. The average molecular weight is 232 g/mol. The van der Waals surface area contributed by atoms with E-state index in [1.54, 1.807) is 6.26 Å². The molecule has 0 amide bonds. The van der Waals surface area contributed by atoms with Crippen LogP contribution in [0.25, 0.3) is 0 Å². The molecule has 0 spiro atoms. The fourth-order valence-corrected chi connectivity index (χ4v) is 1.47. The van der Waals surface area contributed by atoms with Crippen LogP contribution >= 0.6 is 12.2 Å². The highest BCUT2D eigenvalue weighted by atomic mass is 32.1. The molecule has 4 heteroatoms. The average Bonchev–Trinajstić information content (AvgIpc) is 2.81. The van der Waals surface area contributed by atoms with Gasteiger partial charge in [-0.15, -0.1) is 0 Å². The number of para-hydroxylation sites is 1. The molecule has 0 saturated carbocycles. The number of furan rings is 1. The van der Waals surface area contributed by atoms with E-state index in [0.29, 0.717) is 11.7 Å². The Hall–Kier alpha value is -1.81. The molecule has 0 aliphatic rings. The molecule has 2 N–H and O–H groups in total. The number of hydrogen-bond acceptors (Lipinski definition) is 2. The predicted octanol–water partition coefficient (Wildman–Crippen LogP) is 2.77. The van der Waals surface area contributed by atoms with Gasteiger partial charge in [-0.3, -0.25) is 0 Å². The Morgan fingerprint density at radius 1 is 1.12 bits per heavy atom. The maximum absolute atomic E-state index is 5.18. The standard InChI is InChI=1S/C12H12N2OS/c16-12(13-9-11-7-4-8-15-11)14-10-5-2-1-3-6-10/h1-8H,9H2,(H2,13,14,16). The van der Waals surface area contributed by atoms with Gasteiger partial charge in [0.05, 0.1) is 12.8 Å². The Bertz CT molecular complexity index is 439. The zero-order chi connectivity index (χ0) is 11.2. The lowest BCUT2D eigenvalue weighted by Crippen LogP contribution is -2.27. The number of rotatable bonds is 3. The lowest BCUT2D eigenvalue weighted by atomic mass is 10.3. The second kappa shape index (κ2) is 5.32. The quantitative estimate of drug-likeness (QED) is 0.798. The highest BCUT2D eigenvalue weighted by Crippen LogP contribution is 2.05. The summed E-state index contributed by atoms with van der Waals surface area (Å²) in [5.41, 5.74) is 0.972. The van der Waals surface area contributed by atoms with Crippen molar-refractivity contribution in [3.05, 3.63) is 54.5 Å². The smallest absolute Gasteiger partial charge is 0.171 e. The number of benzene rings is 1. The molecular weight excluding hydrogens is 220 g/mol. The summed E-state index contributed by atoms with van der Waals surface area (Å²) < 4.78 is 5.18. The van der Waals surface area contributed by atoms with Crippen LogP contribution in [0, 0.1) is 0 Å². The summed E-state index contributed by atoms with van der Waals surface area (Å²) in [4.78, 5) is 0. The van der Waals surface area contributed by atoms with Gasteiger partial charge in [0.1, 0.15) is 5.76 Å². The van der Waals surface area contributed by atoms with Crippen LogP contribution in [0.2, 0.25) is 0 Å². The highest BCUT2D eigenvalue weighted by Gasteiger charge is 1.98. The molecule has 16 heavy (non-hydrogen) atoms. The first-order valence-electron chi connectivity index (χ1n) is 4.97. The fraction of sp³-hybridized carbons (Fsp3) is 0.0833. The Kier molecular flexibility index (Phi) is 3.56. The third-order valence-electron chi connectivity index (χ3n) is 2.03. The van der Waals surface area contributed by atoms with Gasteiger partial charge in [0.15, 0.2) is 5.11 Å². The van der Waals surface area contributed by atoms with Crippen molar-refractivity contribution < 1.29 is 4.42 Å². The number of hydrogen-bond donors (Lipinski definition) is 2. The van der Waals surface area contributed by atoms with Gasteiger partial charge >= 0.3 is 0 Å². The van der Waals surface area contributed by atoms with Gasteiger partial charge in [0, 0.05) is 5.69 Å². The minimum Gasteiger partial charge on any atom is -0.467 e. The highest BCUT2D eigenvalue weighted by molar-refractivity contribution is 7.80. The topological polar surface area (TPSA) is 37.2 Å². The third kappa shape index (κ3) is 3.10. The molecule has 3 nitrogen and oxygen atoms in total. The number of anilines is 1. The van der Waals surface area contributed by atoms with Gasteiger partial charge in [-0.2, -0.15) is 0 Å². The number of nitrogens with one attached hydrogen (secondary N) is 2. The van der Waals surface area contributed by atoms with Gasteiger partial charge < -0.3 is 15.1 Å². The Morgan fingerprint density at radius 2 is 1.94 bits per heavy atom. The van der Waals surface area contributed by atoms with Gasteiger partial charge in [-0.1, -0.05) is 18.2 Å². The van der Waals surface area contributed by atoms with Crippen LogP contribution in [0.1, 0.15) is 5.76 Å². The Morgan fingerprint density at radius 3 is 2.62 bits per heavy atom. The minimum absolute atomic E-state index is 0.586. The van der Waals surface area contributed by atoms with E-state index in [4.69, 9.17) is 16.6 Å². The second-order valence-electron chi connectivity index (χ2n) is 3.25. The van der Waals surface area contributed by atoms with E-state index in [1.165, 1.54) is 0 Å². The molecule has 2 aromatic rings. The van der Waals surface area contributed by atoms with Gasteiger partial charge in [-0.25, -0.2) is 0 Å². The van der Waals surface area contributed by atoms with E-state index >= 15 is 0 Å². The normalized spacial score (nSPS) is 9.75. The van der Waals surface area contributed by atoms with Gasteiger partial charge in [0.25, 0.3) is 0 Å². The lowest BCUT2D eigenvalue weighted by molar-refractivity contribution is 0.503. The largest absolute Gasteiger partial charge is 0.467 e. The Balaban J connectivity index is 1.81. The van der Waals surface area contributed by atoms with Crippen molar-refractivity contribution in [1.82, 2.24) is 5.32 Å². The third-order valence-corrected chi connectivity index (χ3v) is 2.28. The lowest BCUT2D eigenvalue weighted by Gasteiger charge is -2.08. The van der Waals surface area contributed by atoms with E-state index in [0.717, 1.165) is 11.4 Å². The molecule has 0 fully saturated rings. The van der Waals surface area contributed by atoms with E-state index in [1.807, 2.05) is 42.5 Å². The molecule has 0 saturated heterocycles. The SMILES string of the molecule is S=C(NCc1ccco1)Nc1ccccc1. The van der Waals surface area contributed by atoms with Crippen molar-refractivity contribution in [2.45, 2.75) is 6.54 Å². The molecule has 0 atom stereocenters. The summed E-state index contributed by atoms with van der Waals surface area (Å²) in [5.74, 6) is 0.859. The molecule has 1 aromatic carbocycles. The molecule has 82 valence electrons. The van der Waals surface area contributed by atoms with Crippen LogP contribution in [0.3, 0.4) is 0 Å². The molecule has 0 aliphatic carbocycles. The van der Waals surface area contributed by atoms with E-state index in [2.05, 4.69) is 10.6 Å². The molecular formula is C12H12N2OS. The second-order valence-corrected chi connectivity index (χ2v) is 3.66. The van der Waals surface area contributed by atoms with Crippen molar-refractivity contribution in [3.63, 3.8) is 0 Å². The summed E-state index contributed by atoms with van der Waals surface area (Å²) in [6, 6.07) is 13.5. The zero-order valence-electron chi connectivity index (χ0n) is 8.64. The maximum Gasteiger partial charge on any atom is 0.171 e. The molecule has 0 bridgehead atoms. The van der Waals surface area contributed by atoms with Crippen LogP contribution in [-0.2, 0) is 6.54 Å². The number of thiocarbonyl (C=S) groups is 1. The monoisotopic (exact) mass is 232 g/mol. The zero-order valence-corrected chi connectivity index (χ0v) is 9.46. The summed E-state index contributed by atoms with van der Waals surface area (Å²) in [6.45, 7) is 0.589. The van der Waals surface area contributed by atoms with Crippen molar-refractivity contribution in [2.24, 2.45) is 0 Å². The molecule has 0 aliphatic heterocycles. The van der Waals surface area contributed by atoms with Gasteiger partial charge in [0.2, 0.25) is 0 Å². The molecule has 0 radical (unpaired) electrons. The van der Waals surface area contributed by atoms with E-state index in [-0.39, 0.29) is 0 Å². The molecule has 1 aromatic heterocycles. The van der Waals surface area contributed by atoms with Crippen molar-refractivity contribution in [1.29, 1.82) is 0 Å². The first-order valence-corrected chi connectivity index (χ1v) is 5.38. The van der Waals surface area contributed by atoms with Crippen molar-refractivity contribution in [3.8, 4) is 0 Å². The van der Waals surface area contributed by atoms with Crippen LogP contribution in [0.4, 0.5) is 5.69 Å². The molecule has 1 heterocycles. The van der Waals surface area contributed by atoms with E-state index < -0.39 is 0 Å². The first-order chi connectivity index (χ1) is 7.84. The van der Waals surface area contributed by atoms with Crippen LogP contribution in [0.5, 0.6) is 0 Å². The van der Waals surface area contributed by atoms with Crippen molar-refractivity contribution in [2.75, 3.05) is 5.32 Å². The fourth-order valence-electron chi connectivity index (χ4n) is 1.28. The van der Waals surface area contributed by atoms with Crippen molar-refractivity contribution >= 4 is 23.0 Å². The maximum atomic E-state index is 5.18.